The van der Waals surface area contributed by atoms with E-state index in [1.165, 1.54) is 0 Å². The molecule has 9 heteroatoms. The summed E-state index contributed by atoms with van der Waals surface area (Å²) in [6.07, 6.45) is 11.2. The van der Waals surface area contributed by atoms with E-state index in [1.54, 1.807) is 39.6 Å². The van der Waals surface area contributed by atoms with Crippen LogP contribution in [-0.4, -0.2) is 82.0 Å². The quantitative estimate of drug-likeness (QED) is 0.433. The first-order chi connectivity index (χ1) is 17.4. The van der Waals surface area contributed by atoms with E-state index in [0.29, 0.717) is 30.3 Å². The Labute approximate surface area is 221 Å². The summed E-state index contributed by atoms with van der Waals surface area (Å²) >= 11 is 8.09. The van der Waals surface area contributed by atoms with Gasteiger partial charge in [0.25, 0.3) is 5.91 Å². The number of para-hydroxylation sites is 1. The number of rotatable bonds is 7. The number of hydrogen-bond acceptors (Lipinski definition) is 5. The summed E-state index contributed by atoms with van der Waals surface area (Å²) in [5.41, 5.74) is 0.623. The van der Waals surface area contributed by atoms with Gasteiger partial charge in [-0.25, -0.2) is 0 Å². The van der Waals surface area contributed by atoms with Crippen molar-refractivity contribution in [2.75, 3.05) is 38.2 Å². The lowest BCUT2D eigenvalue weighted by Gasteiger charge is -2.35. The lowest BCUT2D eigenvalue weighted by atomic mass is 9.78. The number of likely N-dealkylation sites (tertiary alicyclic amines) is 1. The molecule has 4 aliphatic heterocycles. The summed E-state index contributed by atoms with van der Waals surface area (Å²) in [4.78, 5) is 47.0. The molecule has 1 unspecified atom stereocenters. The summed E-state index contributed by atoms with van der Waals surface area (Å²) in [7, 11) is 1.77. The minimum Gasteiger partial charge on any atom is -0.396 e. The van der Waals surface area contributed by atoms with Crippen LogP contribution in [0.3, 0.4) is 0 Å². The van der Waals surface area contributed by atoms with Crippen molar-refractivity contribution in [3.63, 3.8) is 0 Å². The van der Waals surface area contributed by atoms with E-state index in [0.717, 1.165) is 25.7 Å². The number of likely N-dealkylation sites (N-methyl/N-ethyl adjacent to an activating group) is 1. The molecule has 7 nitrogen and oxygen atoms in total. The third kappa shape index (κ3) is 4.07. The number of benzene rings is 1. The monoisotopic (exact) mass is 529 g/mol. The van der Waals surface area contributed by atoms with Crippen LogP contribution in [-0.2, 0) is 14.4 Å². The third-order valence-corrected chi connectivity index (χ3v) is 9.87. The molecule has 1 aromatic carbocycles. The first kappa shape index (κ1) is 25.4. The molecule has 0 radical (unpaired) electrons. The Morgan fingerprint density at radius 3 is 2.58 bits per heavy atom. The highest BCUT2D eigenvalue weighted by atomic mass is 35.5. The van der Waals surface area contributed by atoms with E-state index in [4.69, 9.17) is 16.7 Å². The Bertz CT molecular complexity index is 1110. The van der Waals surface area contributed by atoms with Gasteiger partial charge in [-0.2, -0.15) is 0 Å². The number of amides is 3. The van der Waals surface area contributed by atoms with Crippen LogP contribution in [0.4, 0.5) is 5.69 Å². The average molecular weight is 530 g/mol. The SMILES string of the molecule is CN1CC=C[C@@H]2S[C@]34C=CCN(c5ccccc5Cl)C(=O)C3N(CCCCCCO)C(=O)[C@@H]4[C@@H]2C1=O. The lowest BCUT2D eigenvalue weighted by Crippen LogP contribution is -2.53. The first-order valence-corrected chi connectivity index (χ1v) is 13.9. The fraction of sp³-hybridized carbons (Fsp3) is 0.519. The Hall–Kier alpha value is -2.29. The highest BCUT2D eigenvalue weighted by Crippen LogP contribution is 2.61. The van der Waals surface area contributed by atoms with Gasteiger partial charge in [-0.1, -0.05) is 60.9 Å². The number of aliphatic hydroxyl groups excluding tert-OH is 1. The fourth-order valence-electron chi connectivity index (χ4n) is 6.14. The second-order valence-corrected chi connectivity index (χ2v) is 11.9. The Kier molecular flexibility index (Phi) is 7.21. The number of halogens is 1. The van der Waals surface area contributed by atoms with Gasteiger partial charge in [0.05, 0.1) is 27.3 Å². The summed E-state index contributed by atoms with van der Waals surface area (Å²) in [5.74, 6) is -1.41. The van der Waals surface area contributed by atoms with E-state index in [-0.39, 0.29) is 29.6 Å². The van der Waals surface area contributed by atoms with Gasteiger partial charge in [-0.3, -0.25) is 14.4 Å². The topological polar surface area (TPSA) is 81.2 Å². The number of carbonyl (C=O) groups is 3. The van der Waals surface area contributed by atoms with Gasteiger partial charge in [0.15, 0.2) is 0 Å². The van der Waals surface area contributed by atoms with Gasteiger partial charge >= 0.3 is 0 Å². The van der Waals surface area contributed by atoms with Crippen molar-refractivity contribution in [3.8, 4) is 0 Å². The van der Waals surface area contributed by atoms with Gasteiger partial charge in [-0.15, -0.1) is 11.8 Å². The van der Waals surface area contributed by atoms with E-state index < -0.39 is 22.6 Å². The maximum atomic E-state index is 14.3. The minimum atomic E-state index is -0.817. The molecule has 2 saturated heterocycles. The normalized spacial score (nSPS) is 31.4. The van der Waals surface area contributed by atoms with Gasteiger partial charge in [0.2, 0.25) is 11.8 Å². The number of fused-ring (bicyclic) bond motifs is 2. The Morgan fingerprint density at radius 2 is 1.81 bits per heavy atom. The Balaban J connectivity index is 1.55. The van der Waals surface area contributed by atoms with Crippen molar-refractivity contribution in [1.82, 2.24) is 9.80 Å². The predicted octanol–water partition coefficient (Wildman–Crippen LogP) is 3.12. The molecule has 192 valence electrons. The van der Waals surface area contributed by atoms with E-state index in [2.05, 4.69) is 0 Å². The molecule has 1 spiro atoms. The van der Waals surface area contributed by atoms with E-state index >= 15 is 0 Å². The number of aliphatic hydroxyl groups is 1. The molecular formula is C27H32ClN3O4S. The van der Waals surface area contributed by atoms with Gasteiger partial charge in [0, 0.05) is 38.5 Å². The predicted molar refractivity (Wildman–Crippen MR) is 142 cm³/mol. The number of thioether (sulfide) groups is 1. The standard InChI is InChI=1S/C27H32ClN3O4S/c1-29-14-8-12-20-21(24(29)33)22-25(34)31(15-6-2-3-7-17-32)23-26(35)30(16-9-13-27(22,23)36-20)19-11-5-4-10-18(19)28/h4-5,8-13,20-23,32H,2-3,6-7,14-17H2,1H3/t20-,21+,22-,23?,27-/m0/s1. The molecule has 4 heterocycles. The highest BCUT2D eigenvalue weighted by molar-refractivity contribution is 8.02. The fourth-order valence-corrected chi connectivity index (χ4v) is 8.38. The zero-order valence-corrected chi connectivity index (χ0v) is 22.0. The average Bonchev–Trinajstić information content (AvgIpc) is 3.18. The van der Waals surface area contributed by atoms with Crippen LogP contribution in [0, 0.1) is 11.8 Å². The largest absolute Gasteiger partial charge is 0.396 e. The molecule has 36 heavy (non-hydrogen) atoms. The molecule has 0 aromatic heterocycles. The molecule has 0 saturated carbocycles. The molecular weight excluding hydrogens is 498 g/mol. The number of hydrogen-bond donors (Lipinski definition) is 1. The molecule has 2 fully saturated rings. The van der Waals surface area contributed by atoms with Crippen LogP contribution in [0.25, 0.3) is 0 Å². The number of nitrogens with zero attached hydrogens (tertiary/aromatic N) is 3. The molecule has 0 bridgehead atoms. The summed E-state index contributed by atoms with van der Waals surface area (Å²) < 4.78 is -0.817. The van der Waals surface area contributed by atoms with Gasteiger partial charge < -0.3 is 19.8 Å². The van der Waals surface area contributed by atoms with Crippen LogP contribution < -0.4 is 4.90 Å². The molecule has 4 aliphatic rings. The van der Waals surface area contributed by atoms with Crippen molar-refractivity contribution in [3.05, 3.63) is 53.6 Å². The van der Waals surface area contributed by atoms with E-state index in [9.17, 15) is 14.4 Å². The summed E-state index contributed by atoms with van der Waals surface area (Å²) in [6.45, 7) is 1.47. The second kappa shape index (κ2) is 10.2. The van der Waals surface area contributed by atoms with Gasteiger partial charge in [0.1, 0.15) is 6.04 Å². The lowest BCUT2D eigenvalue weighted by molar-refractivity contribution is -0.142. The first-order valence-electron chi connectivity index (χ1n) is 12.6. The molecule has 1 N–H and O–H groups in total. The van der Waals surface area contributed by atoms with Gasteiger partial charge in [-0.05, 0) is 25.0 Å². The Morgan fingerprint density at radius 1 is 1.03 bits per heavy atom. The van der Waals surface area contributed by atoms with Crippen LogP contribution in [0.5, 0.6) is 0 Å². The summed E-state index contributed by atoms with van der Waals surface area (Å²) in [5, 5.41) is 9.43. The van der Waals surface area contributed by atoms with Crippen LogP contribution in [0.15, 0.2) is 48.6 Å². The minimum absolute atomic E-state index is 0.0377. The maximum absolute atomic E-state index is 14.3. The van der Waals surface area contributed by atoms with Crippen molar-refractivity contribution in [1.29, 1.82) is 0 Å². The maximum Gasteiger partial charge on any atom is 0.251 e. The molecule has 0 aliphatic carbocycles. The van der Waals surface area contributed by atoms with Crippen molar-refractivity contribution < 1.29 is 19.5 Å². The second-order valence-electron chi connectivity index (χ2n) is 9.96. The zero-order chi connectivity index (χ0) is 25.4. The van der Waals surface area contributed by atoms with Crippen molar-refractivity contribution >= 4 is 46.8 Å². The third-order valence-electron chi connectivity index (χ3n) is 7.81. The molecule has 5 rings (SSSR count). The number of anilines is 1. The van der Waals surface area contributed by atoms with E-state index in [1.807, 2.05) is 42.5 Å². The molecule has 3 amide bonds. The number of unbranched alkanes of at least 4 members (excludes halogenated alkanes) is 3. The molecule has 5 atom stereocenters. The van der Waals surface area contributed by atoms with Crippen LogP contribution in [0.2, 0.25) is 5.02 Å². The smallest absolute Gasteiger partial charge is 0.251 e. The van der Waals surface area contributed by atoms with Crippen molar-refractivity contribution in [2.45, 2.75) is 41.7 Å². The van der Waals surface area contributed by atoms with Crippen LogP contribution in [0.1, 0.15) is 25.7 Å². The van der Waals surface area contributed by atoms with Crippen molar-refractivity contribution in [2.24, 2.45) is 11.8 Å². The highest BCUT2D eigenvalue weighted by Gasteiger charge is 2.70. The summed E-state index contributed by atoms with van der Waals surface area (Å²) in [6, 6.07) is 6.55. The molecule has 1 aromatic rings. The zero-order valence-electron chi connectivity index (χ0n) is 20.4. The number of carbonyl (C=O) groups excluding carboxylic acids is 3. The van der Waals surface area contributed by atoms with Crippen LogP contribution >= 0.6 is 23.4 Å².